The minimum Gasteiger partial charge on any atom is -0.0613 e. The minimum atomic E-state index is 1.03. The summed E-state index contributed by atoms with van der Waals surface area (Å²) >= 11 is 0. The molecule has 0 bridgehead atoms. The summed E-state index contributed by atoms with van der Waals surface area (Å²) < 4.78 is 0. The van der Waals surface area contributed by atoms with E-state index in [1.54, 1.807) is 11.1 Å². The van der Waals surface area contributed by atoms with E-state index in [4.69, 9.17) is 0 Å². The van der Waals surface area contributed by atoms with Crippen molar-refractivity contribution in [3.05, 3.63) is 100 Å². The monoisotopic (exact) mass is 556 g/mol. The van der Waals surface area contributed by atoms with E-state index < -0.39 is 0 Å². The average Bonchev–Trinajstić information content (AvgIpc) is 3.38. The average molecular weight is 557 g/mol. The van der Waals surface area contributed by atoms with Crippen LogP contribution in [0.2, 0.25) is 0 Å². The molecule has 0 amide bonds. The van der Waals surface area contributed by atoms with Crippen molar-refractivity contribution in [1.29, 1.82) is 0 Å². The van der Waals surface area contributed by atoms with Crippen LogP contribution >= 0.6 is 0 Å². The van der Waals surface area contributed by atoms with Crippen LogP contribution in [-0.4, -0.2) is 0 Å². The Morgan fingerprint density at radius 3 is 0.952 bits per heavy atom. The summed E-state index contributed by atoms with van der Waals surface area (Å²) in [5.74, 6) is 0. The standard InChI is InChI=1S/C42H52/c1-17-34-31(14)42-36(33(16)41(34)38-27(10)23(6)20(3)24(7)28(38)11)18-35-32(15)39(29(12)30(13)40(35)42)37-25(8)21(4)19(2)22(5)26(37)9/h17-18H2,1-16H3. The molecule has 0 fully saturated rings. The second-order valence-corrected chi connectivity index (χ2v) is 13.6. The Labute approximate surface area is 256 Å². The lowest BCUT2D eigenvalue weighted by Gasteiger charge is -2.26. The Bertz CT molecular complexity index is 1790. The molecule has 42 heavy (non-hydrogen) atoms. The van der Waals surface area contributed by atoms with Gasteiger partial charge in [0, 0.05) is 0 Å². The molecule has 0 nitrogen and oxygen atoms in total. The molecule has 0 heterocycles. The number of fused-ring (bicyclic) bond motifs is 3. The van der Waals surface area contributed by atoms with Gasteiger partial charge in [0.2, 0.25) is 0 Å². The molecule has 0 saturated heterocycles. The van der Waals surface area contributed by atoms with Gasteiger partial charge in [0.15, 0.2) is 0 Å². The molecule has 0 radical (unpaired) electrons. The Hall–Kier alpha value is -3.12. The Morgan fingerprint density at radius 1 is 0.286 bits per heavy atom. The van der Waals surface area contributed by atoms with E-state index in [1.165, 1.54) is 122 Å². The van der Waals surface area contributed by atoms with Gasteiger partial charge in [-0.3, -0.25) is 0 Å². The van der Waals surface area contributed by atoms with Gasteiger partial charge in [0.05, 0.1) is 0 Å². The van der Waals surface area contributed by atoms with Gasteiger partial charge in [-0.15, -0.1) is 0 Å². The molecule has 0 saturated carbocycles. The number of rotatable bonds is 3. The third-order valence-corrected chi connectivity index (χ3v) is 12.2. The Morgan fingerprint density at radius 2 is 0.548 bits per heavy atom. The van der Waals surface area contributed by atoms with Crippen molar-refractivity contribution < 1.29 is 0 Å². The van der Waals surface area contributed by atoms with Crippen LogP contribution in [-0.2, 0) is 12.8 Å². The molecule has 0 aliphatic heterocycles. The molecule has 0 N–H and O–H groups in total. The molecule has 5 rings (SSSR count). The van der Waals surface area contributed by atoms with E-state index in [0.717, 1.165) is 12.8 Å². The lowest BCUT2D eigenvalue weighted by molar-refractivity contribution is 1.08. The van der Waals surface area contributed by atoms with Crippen molar-refractivity contribution in [2.24, 2.45) is 0 Å². The highest BCUT2D eigenvalue weighted by Gasteiger charge is 2.33. The van der Waals surface area contributed by atoms with Gasteiger partial charge in [-0.2, -0.15) is 0 Å². The van der Waals surface area contributed by atoms with Crippen LogP contribution in [0, 0.1) is 104 Å². The van der Waals surface area contributed by atoms with Gasteiger partial charge in [0.1, 0.15) is 0 Å². The number of hydrogen-bond donors (Lipinski definition) is 0. The van der Waals surface area contributed by atoms with Gasteiger partial charge < -0.3 is 0 Å². The van der Waals surface area contributed by atoms with Crippen LogP contribution in [0.3, 0.4) is 0 Å². The summed E-state index contributed by atoms with van der Waals surface area (Å²) in [6.45, 7) is 37.5. The molecule has 1 aliphatic rings. The summed E-state index contributed by atoms with van der Waals surface area (Å²) in [5.41, 5.74) is 35.4. The van der Waals surface area contributed by atoms with Crippen molar-refractivity contribution in [3.63, 3.8) is 0 Å². The predicted octanol–water partition coefficient (Wildman–Crippen LogP) is 11.8. The molecule has 4 aromatic carbocycles. The molecule has 0 atom stereocenters. The van der Waals surface area contributed by atoms with E-state index in [9.17, 15) is 0 Å². The van der Waals surface area contributed by atoms with E-state index in [1.807, 2.05) is 0 Å². The molecule has 0 heteroatoms. The maximum absolute atomic E-state index is 2.42. The van der Waals surface area contributed by atoms with Gasteiger partial charge in [0.25, 0.3) is 0 Å². The Balaban J connectivity index is 1.88. The lowest BCUT2D eigenvalue weighted by Crippen LogP contribution is -2.06. The maximum Gasteiger partial charge on any atom is -0.000754 e. The van der Waals surface area contributed by atoms with E-state index in [0.29, 0.717) is 0 Å². The number of hydrogen-bond acceptors (Lipinski definition) is 0. The van der Waals surface area contributed by atoms with Crippen molar-refractivity contribution in [3.8, 4) is 33.4 Å². The van der Waals surface area contributed by atoms with Crippen molar-refractivity contribution in [2.45, 2.75) is 124 Å². The van der Waals surface area contributed by atoms with Crippen molar-refractivity contribution in [1.82, 2.24) is 0 Å². The van der Waals surface area contributed by atoms with Crippen molar-refractivity contribution in [2.75, 3.05) is 0 Å². The SMILES string of the molecule is CCc1c(C)c2c(c(C)c1-c1c(C)c(C)c(C)c(C)c1C)Cc1c(C)c(-c3c(C)c(C)c(C)c(C)c3C)c(C)c(C)c1-2. The summed E-state index contributed by atoms with van der Waals surface area (Å²) in [7, 11) is 0. The van der Waals surface area contributed by atoms with Crippen LogP contribution < -0.4 is 0 Å². The van der Waals surface area contributed by atoms with Gasteiger partial charge >= 0.3 is 0 Å². The quantitative estimate of drug-likeness (QED) is 0.207. The zero-order valence-electron chi connectivity index (χ0n) is 29.4. The van der Waals surface area contributed by atoms with Crippen LogP contribution in [0.4, 0.5) is 0 Å². The summed E-state index contributed by atoms with van der Waals surface area (Å²) in [4.78, 5) is 0. The fourth-order valence-electron chi connectivity index (χ4n) is 8.55. The van der Waals surface area contributed by atoms with Crippen molar-refractivity contribution >= 4 is 0 Å². The highest BCUT2D eigenvalue weighted by Crippen LogP contribution is 2.52. The fourth-order valence-corrected chi connectivity index (χ4v) is 8.55. The van der Waals surface area contributed by atoms with Crippen LogP contribution in [0.15, 0.2) is 0 Å². The minimum absolute atomic E-state index is 1.03. The third kappa shape index (κ3) is 3.86. The zero-order chi connectivity index (χ0) is 31.3. The Kier molecular flexibility index (Phi) is 7.41. The highest BCUT2D eigenvalue weighted by molar-refractivity contribution is 5.94. The molecule has 0 aromatic heterocycles. The molecule has 0 spiro atoms. The van der Waals surface area contributed by atoms with Crippen LogP contribution in [0.5, 0.6) is 0 Å². The second-order valence-electron chi connectivity index (χ2n) is 13.6. The first-order valence-corrected chi connectivity index (χ1v) is 16.0. The first-order chi connectivity index (χ1) is 19.6. The normalized spacial score (nSPS) is 12.3. The first kappa shape index (κ1) is 30.3. The molecule has 1 aliphatic carbocycles. The zero-order valence-corrected chi connectivity index (χ0v) is 29.4. The smallest absolute Gasteiger partial charge is 0.000754 e. The van der Waals surface area contributed by atoms with Gasteiger partial charge in [-0.25, -0.2) is 0 Å². The van der Waals surface area contributed by atoms with Gasteiger partial charge in [-0.1, -0.05) is 6.92 Å². The fraction of sp³-hybridized carbons (Fsp3) is 0.429. The molecule has 0 unspecified atom stereocenters. The summed E-state index contributed by atoms with van der Waals surface area (Å²) in [6, 6.07) is 0. The van der Waals surface area contributed by atoms with Crippen LogP contribution in [0.1, 0.15) is 107 Å². The third-order valence-electron chi connectivity index (χ3n) is 12.2. The van der Waals surface area contributed by atoms with E-state index >= 15 is 0 Å². The topological polar surface area (TPSA) is 0 Å². The highest BCUT2D eigenvalue weighted by atomic mass is 14.4. The molecular formula is C42H52. The first-order valence-electron chi connectivity index (χ1n) is 16.0. The second kappa shape index (κ2) is 10.3. The predicted molar refractivity (Wildman–Crippen MR) is 186 cm³/mol. The largest absolute Gasteiger partial charge is 0.0613 e. The molecular weight excluding hydrogens is 504 g/mol. The van der Waals surface area contributed by atoms with Gasteiger partial charge in [-0.05, 0) is 250 Å². The molecule has 220 valence electrons. The van der Waals surface area contributed by atoms with Crippen LogP contribution in [0.25, 0.3) is 33.4 Å². The van der Waals surface area contributed by atoms with E-state index in [-0.39, 0.29) is 0 Å². The lowest BCUT2D eigenvalue weighted by atomic mass is 9.78. The summed E-state index contributed by atoms with van der Waals surface area (Å²) in [5, 5.41) is 0. The van der Waals surface area contributed by atoms with E-state index in [2.05, 4.69) is 111 Å². The number of benzene rings is 4. The summed E-state index contributed by atoms with van der Waals surface area (Å²) in [6.07, 6.45) is 2.07. The molecule has 4 aromatic rings. The maximum atomic E-state index is 2.42.